The van der Waals surface area contributed by atoms with Crippen molar-refractivity contribution in [1.29, 1.82) is 5.26 Å². The lowest BCUT2D eigenvalue weighted by atomic mass is 9.90. The molecule has 0 aromatic heterocycles. The fourth-order valence-corrected chi connectivity index (χ4v) is 2.89. The van der Waals surface area contributed by atoms with Crippen LogP contribution in [0.15, 0.2) is 24.3 Å². The zero-order valence-corrected chi connectivity index (χ0v) is 12.9. The van der Waals surface area contributed by atoms with Crippen LogP contribution in [0.1, 0.15) is 24.8 Å². The number of hydrogen-bond acceptors (Lipinski definition) is 4. The lowest BCUT2D eigenvalue weighted by molar-refractivity contribution is -0.145. The van der Waals surface area contributed by atoms with Gasteiger partial charge in [0, 0.05) is 18.3 Å². The van der Waals surface area contributed by atoms with Crippen LogP contribution in [0.4, 0.5) is 5.69 Å². The monoisotopic (exact) mass is 313 g/mol. The third-order valence-corrected chi connectivity index (χ3v) is 4.37. The molecule has 1 saturated carbocycles. The molecule has 1 aliphatic carbocycles. The molecular weight excluding hydrogens is 294 g/mol. The van der Waals surface area contributed by atoms with Gasteiger partial charge in [0.05, 0.1) is 18.2 Å². The molecule has 2 amide bonds. The highest BCUT2D eigenvalue weighted by molar-refractivity contribution is 5.97. The number of anilines is 1. The molecule has 1 aliphatic heterocycles. The van der Waals surface area contributed by atoms with Gasteiger partial charge in [0.15, 0.2) is 0 Å². The van der Waals surface area contributed by atoms with Crippen LogP contribution >= 0.6 is 0 Å². The first-order valence-corrected chi connectivity index (χ1v) is 7.87. The van der Waals surface area contributed by atoms with Crippen LogP contribution in [0.3, 0.4) is 0 Å². The van der Waals surface area contributed by atoms with Gasteiger partial charge >= 0.3 is 0 Å². The van der Waals surface area contributed by atoms with Gasteiger partial charge < -0.3 is 14.5 Å². The van der Waals surface area contributed by atoms with Crippen molar-refractivity contribution in [3.05, 3.63) is 29.8 Å². The lowest BCUT2D eigenvalue weighted by Gasteiger charge is -2.39. The first-order chi connectivity index (χ1) is 11.2. The van der Waals surface area contributed by atoms with E-state index in [2.05, 4.69) is 6.07 Å². The molecule has 0 unspecified atom stereocenters. The smallest absolute Gasteiger partial charge is 0.249 e. The Labute approximate surface area is 135 Å². The van der Waals surface area contributed by atoms with E-state index in [1.165, 1.54) is 0 Å². The number of nitriles is 1. The average molecular weight is 313 g/mol. The number of benzene rings is 1. The maximum Gasteiger partial charge on any atom is 0.249 e. The fraction of sp³-hybridized carbons (Fsp3) is 0.471. The Bertz CT molecular complexity index is 649. The highest BCUT2D eigenvalue weighted by Gasteiger charge is 2.32. The molecular formula is C17H19N3O3. The van der Waals surface area contributed by atoms with Crippen molar-refractivity contribution in [2.24, 2.45) is 0 Å². The minimum atomic E-state index is -0.149. The molecule has 23 heavy (non-hydrogen) atoms. The number of ether oxygens (including phenoxy) is 1. The summed E-state index contributed by atoms with van der Waals surface area (Å²) in [5.74, 6) is -0.246. The second-order valence-corrected chi connectivity index (χ2v) is 5.88. The quantitative estimate of drug-likeness (QED) is 0.840. The molecule has 0 bridgehead atoms. The van der Waals surface area contributed by atoms with Crippen molar-refractivity contribution in [1.82, 2.24) is 4.90 Å². The Kier molecular flexibility index (Phi) is 4.58. The number of morpholine rings is 1. The predicted molar refractivity (Wildman–Crippen MR) is 83.7 cm³/mol. The SMILES string of the molecule is N#Cc1cccc(N(C(=O)CN2CCOCC2=O)C2CCC2)c1. The largest absolute Gasteiger partial charge is 0.370 e. The first kappa shape index (κ1) is 15.5. The van der Waals surface area contributed by atoms with Gasteiger partial charge in [-0.3, -0.25) is 9.59 Å². The average Bonchev–Trinajstić information content (AvgIpc) is 2.52. The van der Waals surface area contributed by atoms with Crippen molar-refractivity contribution in [3.63, 3.8) is 0 Å². The Morgan fingerprint density at radius 2 is 2.26 bits per heavy atom. The standard InChI is InChI=1S/C17H19N3O3/c18-10-13-3-1-6-15(9-13)20(14-4-2-5-14)16(21)11-19-7-8-23-12-17(19)22/h1,3,6,9,14H,2,4-5,7-8,11-12H2. The van der Waals surface area contributed by atoms with Gasteiger partial charge in [-0.25, -0.2) is 0 Å². The molecule has 2 aliphatic rings. The van der Waals surface area contributed by atoms with E-state index in [4.69, 9.17) is 10.00 Å². The molecule has 0 N–H and O–H groups in total. The molecule has 120 valence electrons. The molecule has 0 atom stereocenters. The van der Waals surface area contributed by atoms with E-state index >= 15 is 0 Å². The summed E-state index contributed by atoms with van der Waals surface area (Å²) in [6.45, 7) is 1.02. The van der Waals surface area contributed by atoms with Gasteiger partial charge in [-0.15, -0.1) is 0 Å². The van der Waals surface area contributed by atoms with Crippen molar-refractivity contribution < 1.29 is 14.3 Å². The summed E-state index contributed by atoms with van der Waals surface area (Å²) in [4.78, 5) is 27.9. The maximum atomic E-state index is 12.8. The van der Waals surface area contributed by atoms with E-state index in [-0.39, 0.29) is 31.0 Å². The van der Waals surface area contributed by atoms with Gasteiger partial charge in [-0.05, 0) is 37.5 Å². The zero-order chi connectivity index (χ0) is 16.2. The van der Waals surface area contributed by atoms with Crippen LogP contribution in [0.25, 0.3) is 0 Å². The number of rotatable bonds is 4. The Morgan fingerprint density at radius 3 is 2.91 bits per heavy atom. The Hall–Kier alpha value is -2.39. The number of hydrogen-bond donors (Lipinski definition) is 0. The van der Waals surface area contributed by atoms with E-state index in [9.17, 15) is 9.59 Å². The second-order valence-electron chi connectivity index (χ2n) is 5.88. The molecule has 1 saturated heterocycles. The van der Waals surface area contributed by atoms with Gasteiger partial charge in [0.1, 0.15) is 13.2 Å². The van der Waals surface area contributed by atoms with Crippen LogP contribution in [0.2, 0.25) is 0 Å². The van der Waals surface area contributed by atoms with Crippen LogP contribution in [0.5, 0.6) is 0 Å². The summed E-state index contributed by atoms with van der Waals surface area (Å²) in [7, 11) is 0. The van der Waals surface area contributed by atoms with Gasteiger partial charge in [0.2, 0.25) is 11.8 Å². The minimum Gasteiger partial charge on any atom is -0.370 e. The molecule has 0 spiro atoms. The van der Waals surface area contributed by atoms with E-state index < -0.39 is 0 Å². The van der Waals surface area contributed by atoms with Crippen molar-refractivity contribution >= 4 is 17.5 Å². The van der Waals surface area contributed by atoms with E-state index in [1.54, 1.807) is 28.0 Å². The van der Waals surface area contributed by atoms with Crippen LogP contribution in [0, 0.1) is 11.3 Å². The highest BCUT2D eigenvalue weighted by atomic mass is 16.5. The maximum absolute atomic E-state index is 12.8. The predicted octanol–water partition coefficient (Wildman–Crippen LogP) is 1.30. The summed E-state index contributed by atoms with van der Waals surface area (Å²) >= 11 is 0. The zero-order valence-electron chi connectivity index (χ0n) is 12.9. The first-order valence-electron chi connectivity index (χ1n) is 7.87. The summed E-state index contributed by atoms with van der Waals surface area (Å²) in [5.41, 5.74) is 1.27. The van der Waals surface area contributed by atoms with Crippen LogP contribution in [-0.4, -0.2) is 49.1 Å². The van der Waals surface area contributed by atoms with E-state index in [0.29, 0.717) is 18.7 Å². The van der Waals surface area contributed by atoms with Gasteiger partial charge in [-0.2, -0.15) is 5.26 Å². The Morgan fingerprint density at radius 1 is 1.43 bits per heavy atom. The number of nitrogens with zero attached hydrogens (tertiary/aromatic N) is 3. The third-order valence-electron chi connectivity index (χ3n) is 4.37. The third kappa shape index (κ3) is 3.35. The highest BCUT2D eigenvalue weighted by Crippen LogP contribution is 2.30. The van der Waals surface area contributed by atoms with Crippen molar-refractivity contribution in [2.75, 3.05) is 31.2 Å². The van der Waals surface area contributed by atoms with Crippen molar-refractivity contribution in [2.45, 2.75) is 25.3 Å². The summed E-state index contributed by atoms with van der Waals surface area (Å²) in [5, 5.41) is 9.07. The molecule has 6 nitrogen and oxygen atoms in total. The van der Waals surface area contributed by atoms with E-state index in [1.807, 2.05) is 6.07 Å². The van der Waals surface area contributed by atoms with E-state index in [0.717, 1.165) is 24.9 Å². The molecule has 1 heterocycles. The summed E-state index contributed by atoms with van der Waals surface area (Å²) < 4.78 is 5.10. The molecule has 6 heteroatoms. The fourth-order valence-electron chi connectivity index (χ4n) is 2.89. The topological polar surface area (TPSA) is 73.6 Å². The molecule has 3 rings (SSSR count). The molecule has 1 aromatic rings. The van der Waals surface area contributed by atoms with Crippen LogP contribution in [-0.2, 0) is 14.3 Å². The summed E-state index contributed by atoms with van der Waals surface area (Å²) in [6, 6.07) is 9.35. The van der Waals surface area contributed by atoms with Crippen LogP contribution < -0.4 is 4.90 Å². The number of carbonyl (C=O) groups excluding carboxylic acids is 2. The minimum absolute atomic E-state index is 0.0423. The second kappa shape index (κ2) is 6.80. The lowest BCUT2D eigenvalue weighted by Crippen LogP contribution is -2.52. The Balaban J connectivity index is 1.79. The summed E-state index contributed by atoms with van der Waals surface area (Å²) in [6.07, 6.45) is 3.02. The van der Waals surface area contributed by atoms with Gasteiger partial charge in [0.25, 0.3) is 0 Å². The molecule has 0 radical (unpaired) electrons. The normalized spacial score (nSPS) is 18.2. The molecule has 1 aromatic carbocycles. The van der Waals surface area contributed by atoms with Gasteiger partial charge in [-0.1, -0.05) is 6.07 Å². The molecule has 2 fully saturated rings. The number of amides is 2. The van der Waals surface area contributed by atoms with Crippen molar-refractivity contribution in [3.8, 4) is 6.07 Å². The number of carbonyl (C=O) groups is 2.